The number of alkyl halides is 3. The first-order valence-corrected chi connectivity index (χ1v) is 5.29. The lowest BCUT2D eigenvalue weighted by Crippen LogP contribution is -2.40. The summed E-state index contributed by atoms with van der Waals surface area (Å²) in [6.45, 7) is -0.227. The minimum atomic E-state index is -4.32. The van der Waals surface area contributed by atoms with Crippen molar-refractivity contribution < 1.29 is 23.1 Å². The van der Waals surface area contributed by atoms with Crippen molar-refractivity contribution >= 4 is 5.97 Å². The van der Waals surface area contributed by atoms with Gasteiger partial charge in [-0.2, -0.15) is 13.2 Å². The monoisotopic (exact) mass is 239 g/mol. The van der Waals surface area contributed by atoms with Crippen molar-refractivity contribution in [1.29, 1.82) is 0 Å². The molecular formula is C10H16F3NO2. The maximum absolute atomic E-state index is 12.1. The molecule has 1 rings (SSSR count). The minimum absolute atomic E-state index is 0.227. The van der Waals surface area contributed by atoms with Crippen molar-refractivity contribution in [3.63, 3.8) is 0 Å². The Bertz CT molecular complexity index is 263. The number of hydrogen-bond acceptors (Lipinski definition) is 2. The first kappa shape index (κ1) is 13.3. The molecule has 0 aromatic rings. The molecule has 0 heterocycles. The molecule has 1 aliphatic carbocycles. The lowest BCUT2D eigenvalue weighted by Gasteiger charge is -2.28. The molecule has 1 aliphatic rings. The molecule has 0 amide bonds. The molecule has 1 saturated carbocycles. The van der Waals surface area contributed by atoms with Crippen molar-refractivity contribution in [1.82, 2.24) is 0 Å². The van der Waals surface area contributed by atoms with Gasteiger partial charge in [0.25, 0.3) is 0 Å². The number of aliphatic carboxylic acids is 1. The highest BCUT2D eigenvalue weighted by Gasteiger charge is 2.44. The fourth-order valence-corrected chi connectivity index (χ4v) is 1.82. The summed E-state index contributed by atoms with van der Waals surface area (Å²) in [5.41, 5.74) is 3.97. The smallest absolute Gasteiger partial charge is 0.389 e. The van der Waals surface area contributed by atoms with E-state index in [0.717, 1.165) is 12.8 Å². The van der Waals surface area contributed by atoms with Crippen molar-refractivity contribution in [3.05, 3.63) is 0 Å². The third kappa shape index (κ3) is 3.66. The van der Waals surface area contributed by atoms with Gasteiger partial charge < -0.3 is 10.8 Å². The summed E-state index contributed by atoms with van der Waals surface area (Å²) in [6.07, 6.45) is -3.74. The molecule has 3 nitrogen and oxygen atoms in total. The van der Waals surface area contributed by atoms with Crippen molar-refractivity contribution in [2.45, 2.75) is 38.3 Å². The molecular weight excluding hydrogens is 223 g/mol. The van der Waals surface area contributed by atoms with Crippen LogP contribution in [0.3, 0.4) is 0 Å². The molecule has 6 heteroatoms. The van der Waals surface area contributed by atoms with E-state index in [1.54, 1.807) is 0 Å². The van der Waals surface area contributed by atoms with E-state index in [9.17, 15) is 18.0 Å². The minimum Gasteiger partial charge on any atom is -0.481 e. The average molecular weight is 239 g/mol. The normalized spacial score (nSPS) is 20.5. The molecule has 1 atom stereocenters. The van der Waals surface area contributed by atoms with Crippen molar-refractivity contribution in [2.75, 3.05) is 6.54 Å². The van der Waals surface area contributed by atoms with Gasteiger partial charge in [-0.05, 0) is 18.8 Å². The van der Waals surface area contributed by atoms with Crippen LogP contribution in [0, 0.1) is 11.3 Å². The number of halogens is 3. The van der Waals surface area contributed by atoms with Gasteiger partial charge in [0.2, 0.25) is 0 Å². The molecule has 1 fully saturated rings. The molecule has 1 unspecified atom stereocenters. The van der Waals surface area contributed by atoms with E-state index in [1.807, 2.05) is 0 Å². The highest BCUT2D eigenvalue weighted by atomic mass is 19.4. The van der Waals surface area contributed by atoms with E-state index in [1.165, 1.54) is 0 Å². The number of nitrogens with two attached hydrogens (primary N) is 1. The van der Waals surface area contributed by atoms with Crippen LogP contribution in [0.15, 0.2) is 0 Å². The van der Waals surface area contributed by atoms with Gasteiger partial charge in [0, 0.05) is 13.0 Å². The first-order chi connectivity index (χ1) is 7.29. The zero-order valence-electron chi connectivity index (χ0n) is 8.89. The SMILES string of the molecule is NCC(CCC(F)(F)F)(CC1CC1)C(=O)O. The summed E-state index contributed by atoms with van der Waals surface area (Å²) < 4.78 is 36.3. The zero-order valence-corrected chi connectivity index (χ0v) is 8.89. The second kappa shape index (κ2) is 4.61. The van der Waals surface area contributed by atoms with Crippen molar-refractivity contribution in [2.24, 2.45) is 17.1 Å². The standard InChI is InChI=1S/C10H16F3NO2/c11-10(12,13)4-3-9(6-14,8(15)16)5-7-1-2-7/h7H,1-6,14H2,(H,15,16). The van der Waals surface area contributed by atoms with Crippen LogP contribution in [-0.4, -0.2) is 23.8 Å². The molecule has 16 heavy (non-hydrogen) atoms. The average Bonchev–Trinajstić information content (AvgIpc) is 2.94. The summed E-state index contributed by atoms with van der Waals surface area (Å²) in [5, 5.41) is 9.05. The molecule has 0 saturated heterocycles. The predicted molar refractivity (Wildman–Crippen MR) is 51.8 cm³/mol. The van der Waals surface area contributed by atoms with Crippen LogP contribution in [0.5, 0.6) is 0 Å². The molecule has 0 bridgehead atoms. The fourth-order valence-electron chi connectivity index (χ4n) is 1.82. The Hall–Kier alpha value is -0.780. The Kier molecular flexibility index (Phi) is 3.83. The largest absolute Gasteiger partial charge is 0.481 e. The quantitative estimate of drug-likeness (QED) is 0.746. The Morgan fingerprint density at radius 3 is 2.19 bits per heavy atom. The van der Waals surface area contributed by atoms with Gasteiger partial charge in [0.15, 0.2) is 0 Å². The van der Waals surface area contributed by atoms with Gasteiger partial charge in [-0.25, -0.2) is 0 Å². The lowest BCUT2D eigenvalue weighted by atomic mass is 9.78. The highest BCUT2D eigenvalue weighted by molar-refractivity contribution is 5.75. The zero-order chi connectivity index (χ0) is 12.4. The maximum atomic E-state index is 12.1. The Morgan fingerprint density at radius 2 is 1.88 bits per heavy atom. The van der Waals surface area contributed by atoms with Gasteiger partial charge in [-0.15, -0.1) is 0 Å². The van der Waals surface area contributed by atoms with Crippen LogP contribution in [0.1, 0.15) is 32.1 Å². The molecule has 0 radical (unpaired) electrons. The van der Waals surface area contributed by atoms with Crippen LogP contribution in [0.4, 0.5) is 13.2 Å². The molecule has 0 aromatic heterocycles. The van der Waals surface area contributed by atoms with Crippen LogP contribution in [-0.2, 0) is 4.79 Å². The Morgan fingerprint density at radius 1 is 1.31 bits per heavy atom. The summed E-state index contributed by atoms with van der Waals surface area (Å²) >= 11 is 0. The molecule has 0 aliphatic heterocycles. The van der Waals surface area contributed by atoms with E-state index in [0.29, 0.717) is 0 Å². The summed E-state index contributed by atoms with van der Waals surface area (Å²) in [4.78, 5) is 11.1. The summed E-state index contributed by atoms with van der Waals surface area (Å²) in [7, 11) is 0. The summed E-state index contributed by atoms with van der Waals surface area (Å²) in [5.74, 6) is -0.959. The van der Waals surface area contributed by atoms with Gasteiger partial charge in [-0.1, -0.05) is 12.8 Å². The Labute approximate surface area is 91.8 Å². The molecule has 94 valence electrons. The number of carboxylic acid groups (broad SMARTS) is 1. The van der Waals surface area contributed by atoms with E-state index in [4.69, 9.17) is 10.8 Å². The number of carbonyl (C=O) groups is 1. The molecule has 3 N–H and O–H groups in total. The maximum Gasteiger partial charge on any atom is 0.389 e. The van der Waals surface area contributed by atoms with E-state index < -0.39 is 30.4 Å². The van der Waals surface area contributed by atoms with E-state index >= 15 is 0 Å². The number of hydrogen-bond donors (Lipinski definition) is 2. The second-order valence-corrected chi connectivity index (χ2v) is 4.55. The number of rotatable bonds is 6. The number of carboxylic acids is 1. The van der Waals surface area contributed by atoms with Crippen LogP contribution >= 0.6 is 0 Å². The second-order valence-electron chi connectivity index (χ2n) is 4.55. The van der Waals surface area contributed by atoms with Gasteiger partial charge in [0.05, 0.1) is 5.41 Å². The Balaban J connectivity index is 2.64. The highest BCUT2D eigenvalue weighted by Crippen LogP contribution is 2.43. The van der Waals surface area contributed by atoms with Crippen LogP contribution < -0.4 is 5.73 Å². The van der Waals surface area contributed by atoms with Crippen molar-refractivity contribution in [3.8, 4) is 0 Å². The molecule has 0 spiro atoms. The molecule has 0 aromatic carbocycles. The van der Waals surface area contributed by atoms with Crippen LogP contribution in [0.2, 0.25) is 0 Å². The first-order valence-electron chi connectivity index (χ1n) is 5.29. The lowest BCUT2D eigenvalue weighted by molar-refractivity contribution is -0.158. The van der Waals surface area contributed by atoms with E-state index in [2.05, 4.69) is 0 Å². The topological polar surface area (TPSA) is 63.3 Å². The fraction of sp³-hybridized carbons (Fsp3) is 0.900. The van der Waals surface area contributed by atoms with Gasteiger partial charge >= 0.3 is 12.1 Å². The third-order valence-corrected chi connectivity index (χ3v) is 3.11. The van der Waals surface area contributed by atoms with Gasteiger partial charge in [-0.3, -0.25) is 4.79 Å². The summed E-state index contributed by atoms with van der Waals surface area (Å²) in [6, 6.07) is 0. The third-order valence-electron chi connectivity index (χ3n) is 3.11. The van der Waals surface area contributed by atoms with E-state index in [-0.39, 0.29) is 18.9 Å². The van der Waals surface area contributed by atoms with Crippen LogP contribution in [0.25, 0.3) is 0 Å². The van der Waals surface area contributed by atoms with Gasteiger partial charge in [0.1, 0.15) is 0 Å². The predicted octanol–water partition coefficient (Wildman–Crippen LogP) is 2.16.